The Kier molecular flexibility index (Phi) is 2.09. The number of nitro groups is 2. The van der Waals surface area contributed by atoms with Crippen LogP contribution in [0.3, 0.4) is 0 Å². The van der Waals surface area contributed by atoms with Crippen LogP contribution >= 0.6 is 0 Å². The fourth-order valence-corrected chi connectivity index (χ4v) is 0.713. The van der Waals surface area contributed by atoms with E-state index in [0.717, 1.165) is 6.07 Å². The third-order valence-electron chi connectivity index (χ3n) is 1.29. The minimum absolute atomic E-state index is 0.511. The molecule has 0 aromatic heterocycles. The molecule has 1 aromatic carbocycles. The van der Waals surface area contributed by atoms with Gasteiger partial charge in [0.1, 0.15) is 0 Å². The molecule has 1 rings (SSSR count). The zero-order valence-corrected chi connectivity index (χ0v) is 6.13. The molecule has 7 nitrogen and oxygen atoms in total. The zero-order chi connectivity index (χ0) is 10.0. The van der Waals surface area contributed by atoms with Crippen LogP contribution in [-0.2, 0) is 0 Å². The van der Waals surface area contributed by atoms with Crippen LogP contribution in [0.4, 0.5) is 11.4 Å². The van der Waals surface area contributed by atoms with Crippen LogP contribution < -0.4 is 0 Å². The van der Waals surface area contributed by atoms with E-state index in [-0.39, 0.29) is 0 Å². The fourth-order valence-electron chi connectivity index (χ4n) is 0.713. The lowest BCUT2D eigenvalue weighted by atomic mass is 10.2. The first kappa shape index (κ1) is 8.91. The summed E-state index contributed by atoms with van der Waals surface area (Å²) in [5.74, 6) is -0.740. The third-order valence-corrected chi connectivity index (χ3v) is 1.29. The van der Waals surface area contributed by atoms with Crippen molar-refractivity contribution in [3.63, 3.8) is 0 Å². The molecular weight excluding hydrogens is 180 g/mol. The highest BCUT2D eigenvalue weighted by Crippen LogP contribution is 2.28. The normalized spacial score (nSPS) is 9.54. The molecule has 1 N–H and O–H groups in total. The predicted octanol–water partition coefficient (Wildman–Crippen LogP) is 1.01. The van der Waals surface area contributed by atoms with Crippen molar-refractivity contribution in [2.75, 3.05) is 0 Å². The van der Waals surface area contributed by atoms with E-state index in [0.29, 0.717) is 6.07 Å². The predicted molar refractivity (Wildman–Crippen MR) is 40.3 cm³/mol. The van der Waals surface area contributed by atoms with Gasteiger partial charge in [0.2, 0.25) is 5.75 Å². The van der Waals surface area contributed by atoms with Gasteiger partial charge in [-0.05, 0) is 0 Å². The van der Waals surface area contributed by atoms with E-state index in [4.69, 9.17) is 5.11 Å². The third kappa shape index (κ3) is 1.70. The van der Waals surface area contributed by atoms with Crippen molar-refractivity contribution in [1.82, 2.24) is 0 Å². The van der Waals surface area contributed by atoms with E-state index in [1.807, 2.05) is 0 Å². The van der Waals surface area contributed by atoms with Gasteiger partial charge in [-0.15, -0.1) is 0 Å². The maximum absolute atomic E-state index is 10.2. The van der Waals surface area contributed by atoms with E-state index in [1.54, 1.807) is 0 Å². The van der Waals surface area contributed by atoms with Gasteiger partial charge in [-0.1, -0.05) is 0 Å². The Bertz CT molecular complexity index is 375. The second-order valence-electron chi connectivity index (χ2n) is 2.10. The summed E-state index contributed by atoms with van der Waals surface area (Å²) in [4.78, 5) is 18.6. The van der Waals surface area contributed by atoms with E-state index in [1.165, 1.54) is 0 Å². The molecule has 67 valence electrons. The van der Waals surface area contributed by atoms with Gasteiger partial charge in [0.05, 0.1) is 22.0 Å². The van der Waals surface area contributed by atoms with Crippen molar-refractivity contribution in [2.45, 2.75) is 0 Å². The molecule has 0 aliphatic rings. The Morgan fingerprint density at radius 2 is 1.92 bits per heavy atom. The van der Waals surface area contributed by atoms with Crippen molar-refractivity contribution < 1.29 is 15.0 Å². The highest BCUT2D eigenvalue weighted by Gasteiger charge is 2.17. The lowest BCUT2D eigenvalue weighted by molar-refractivity contribution is -0.390. The van der Waals surface area contributed by atoms with E-state index < -0.39 is 27.0 Å². The maximum Gasteiger partial charge on any atom is 0.311 e. The summed E-state index contributed by atoms with van der Waals surface area (Å²) in [6.45, 7) is 0. The SMILES string of the molecule is O=[N+]([O-])c1[c]cc([N+](=O)[O-])c(O)c1. The molecule has 0 fully saturated rings. The summed E-state index contributed by atoms with van der Waals surface area (Å²) in [6, 6.07) is 3.49. The van der Waals surface area contributed by atoms with Crippen LogP contribution in [0, 0.1) is 26.3 Å². The largest absolute Gasteiger partial charge is 0.502 e. The van der Waals surface area contributed by atoms with Crippen LogP contribution in [0.15, 0.2) is 12.1 Å². The van der Waals surface area contributed by atoms with Crippen LogP contribution in [0.25, 0.3) is 0 Å². The summed E-state index contributed by atoms with van der Waals surface area (Å²) in [6.07, 6.45) is 0. The van der Waals surface area contributed by atoms with Crippen LogP contribution in [0.1, 0.15) is 0 Å². The monoisotopic (exact) mass is 183 g/mol. The highest BCUT2D eigenvalue weighted by atomic mass is 16.6. The van der Waals surface area contributed by atoms with E-state index in [9.17, 15) is 20.2 Å². The minimum atomic E-state index is -0.852. The Balaban J connectivity index is 3.20. The van der Waals surface area contributed by atoms with Crippen molar-refractivity contribution in [2.24, 2.45) is 0 Å². The second-order valence-corrected chi connectivity index (χ2v) is 2.10. The molecule has 0 saturated heterocycles. The van der Waals surface area contributed by atoms with Crippen molar-refractivity contribution in [3.05, 3.63) is 38.4 Å². The van der Waals surface area contributed by atoms with Crippen molar-refractivity contribution in [3.8, 4) is 5.75 Å². The minimum Gasteiger partial charge on any atom is -0.502 e. The van der Waals surface area contributed by atoms with Crippen LogP contribution in [0.5, 0.6) is 5.75 Å². The number of hydrogen-bond acceptors (Lipinski definition) is 5. The molecule has 0 heterocycles. The first-order valence-corrected chi connectivity index (χ1v) is 3.06. The Morgan fingerprint density at radius 3 is 2.31 bits per heavy atom. The lowest BCUT2D eigenvalue weighted by Gasteiger charge is -1.94. The fraction of sp³-hybridized carbons (Fsp3) is 0. The van der Waals surface area contributed by atoms with E-state index >= 15 is 0 Å². The molecule has 7 heteroatoms. The number of phenolic OH excluding ortho intramolecular Hbond substituents is 1. The summed E-state index contributed by atoms with van der Waals surface area (Å²) in [5, 5.41) is 29.2. The first-order valence-electron chi connectivity index (χ1n) is 3.06. The zero-order valence-electron chi connectivity index (χ0n) is 6.13. The molecule has 0 amide bonds. The number of aromatic hydroxyl groups is 1. The average Bonchev–Trinajstić information content (AvgIpc) is 2.03. The molecular formula is C6H3N2O5. The molecule has 0 unspecified atom stereocenters. The van der Waals surface area contributed by atoms with Gasteiger partial charge in [-0.2, -0.15) is 0 Å². The lowest BCUT2D eigenvalue weighted by Crippen LogP contribution is -1.91. The average molecular weight is 183 g/mol. The quantitative estimate of drug-likeness (QED) is 0.543. The van der Waals surface area contributed by atoms with E-state index in [2.05, 4.69) is 6.07 Å². The van der Waals surface area contributed by atoms with Crippen molar-refractivity contribution in [1.29, 1.82) is 0 Å². The number of rotatable bonds is 2. The topological polar surface area (TPSA) is 107 Å². The van der Waals surface area contributed by atoms with Crippen LogP contribution in [0.2, 0.25) is 0 Å². The summed E-state index contributed by atoms with van der Waals surface area (Å²) >= 11 is 0. The van der Waals surface area contributed by atoms with Gasteiger partial charge in [0, 0.05) is 6.07 Å². The summed E-state index contributed by atoms with van der Waals surface area (Å²) in [7, 11) is 0. The molecule has 0 saturated carbocycles. The standard InChI is InChI=1S/C6H3N2O5/c9-6-3-4(7(10)11)1-2-5(6)8(12)13/h2-3,9H. The van der Waals surface area contributed by atoms with Gasteiger partial charge in [0.25, 0.3) is 5.69 Å². The molecule has 13 heavy (non-hydrogen) atoms. The summed E-state index contributed by atoms with van der Waals surface area (Å²) in [5.41, 5.74) is -1.12. The number of non-ortho nitro benzene ring substituents is 1. The van der Waals surface area contributed by atoms with Gasteiger partial charge >= 0.3 is 5.69 Å². The molecule has 1 aromatic rings. The Hall–Kier alpha value is -2.18. The Labute approximate surface area is 71.5 Å². The number of phenols is 1. The van der Waals surface area contributed by atoms with Crippen LogP contribution in [-0.4, -0.2) is 15.0 Å². The number of nitro benzene ring substituents is 2. The molecule has 0 aliphatic carbocycles. The molecule has 0 bridgehead atoms. The number of nitrogens with zero attached hydrogens (tertiary/aromatic N) is 2. The maximum atomic E-state index is 10.2. The van der Waals surface area contributed by atoms with Crippen molar-refractivity contribution >= 4 is 11.4 Å². The molecule has 0 aliphatic heterocycles. The smallest absolute Gasteiger partial charge is 0.311 e. The van der Waals surface area contributed by atoms with Gasteiger partial charge in [-0.25, -0.2) is 0 Å². The van der Waals surface area contributed by atoms with Gasteiger partial charge in [0.15, 0.2) is 0 Å². The van der Waals surface area contributed by atoms with Gasteiger partial charge < -0.3 is 5.11 Å². The highest BCUT2D eigenvalue weighted by molar-refractivity contribution is 5.51. The first-order chi connectivity index (χ1) is 6.02. The number of hydrogen-bond donors (Lipinski definition) is 1. The Morgan fingerprint density at radius 1 is 1.31 bits per heavy atom. The molecule has 1 radical (unpaired) electrons. The second kappa shape index (κ2) is 3.05. The molecule has 0 atom stereocenters. The summed E-state index contributed by atoms with van der Waals surface area (Å²) < 4.78 is 0. The number of benzene rings is 1. The van der Waals surface area contributed by atoms with Gasteiger partial charge in [-0.3, -0.25) is 20.2 Å². The molecule has 0 spiro atoms.